The van der Waals surface area contributed by atoms with Crippen LogP contribution in [0.1, 0.15) is 25.0 Å². The minimum atomic E-state index is -0.805. The molecule has 7 nitrogen and oxygen atoms in total. The van der Waals surface area contributed by atoms with Crippen LogP contribution in [0.4, 0.5) is 0 Å². The molecule has 1 N–H and O–H groups in total. The summed E-state index contributed by atoms with van der Waals surface area (Å²) in [6.45, 7) is 3.58. The van der Waals surface area contributed by atoms with E-state index >= 15 is 0 Å². The molecular formula is C15H12N4O3. The number of fused-ring (bicyclic) bond motifs is 1. The fourth-order valence-corrected chi connectivity index (χ4v) is 2.00. The molecule has 0 amide bonds. The highest BCUT2D eigenvalue weighted by atomic mass is 16.5. The van der Waals surface area contributed by atoms with Gasteiger partial charge in [-0.2, -0.15) is 5.26 Å². The second kappa shape index (κ2) is 5.00. The van der Waals surface area contributed by atoms with Crippen molar-refractivity contribution in [2.45, 2.75) is 19.6 Å². The van der Waals surface area contributed by atoms with Crippen LogP contribution in [0, 0.1) is 11.3 Å². The summed E-state index contributed by atoms with van der Waals surface area (Å²) < 4.78 is 11.4. The highest BCUT2D eigenvalue weighted by Crippen LogP contribution is 2.31. The number of aromatic nitrogens is 2. The Kier molecular flexibility index (Phi) is 3.14. The molecule has 7 heteroatoms. The summed E-state index contributed by atoms with van der Waals surface area (Å²) in [5.41, 5.74) is 0.226. The van der Waals surface area contributed by atoms with Crippen LogP contribution < -0.4 is 9.47 Å². The molecule has 3 rings (SSSR count). The molecule has 1 aromatic heterocycles. The maximum absolute atomic E-state index is 9.16. The van der Waals surface area contributed by atoms with Crippen molar-refractivity contribution in [2.75, 3.05) is 0 Å². The third kappa shape index (κ3) is 2.67. The van der Waals surface area contributed by atoms with Gasteiger partial charge < -0.3 is 14.6 Å². The van der Waals surface area contributed by atoms with Crippen molar-refractivity contribution < 1.29 is 14.6 Å². The van der Waals surface area contributed by atoms with Crippen molar-refractivity contribution in [3.63, 3.8) is 0 Å². The van der Waals surface area contributed by atoms with Crippen LogP contribution in [0.2, 0.25) is 0 Å². The summed E-state index contributed by atoms with van der Waals surface area (Å²) in [5, 5.41) is 25.4. The lowest BCUT2D eigenvalue weighted by molar-refractivity contribution is 0.111. The van der Waals surface area contributed by atoms with Crippen molar-refractivity contribution in [3.8, 4) is 23.6 Å². The molecule has 0 bridgehead atoms. The average Bonchev–Trinajstić information content (AvgIpc) is 2.48. The molecule has 0 saturated carbocycles. The predicted molar refractivity (Wildman–Crippen MR) is 76.7 cm³/mol. The molecule has 0 atom stereocenters. The largest absolute Gasteiger partial charge is 0.492 e. The van der Waals surface area contributed by atoms with E-state index in [1.807, 2.05) is 0 Å². The van der Waals surface area contributed by atoms with E-state index in [4.69, 9.17) is 19.8 Å². The molecular weight excluding hydrogens is 284 g/mol. The molecule has 1 aliphatic heterocycles. The molecule has 22 heavy (non-hydrogen) atoms. The van der Waals surface area contributed by atoms with Crippen molar-refractivity contribution in [2.24, 2.45) is 4.99 Å². The Balaban J connectivity index is 2.03. The molecule has 0 unspecified atom stereocenters. The topological polar surface area (TPSA) is 101 Å². The van der Waals surface area contributed by atoms with Gasteiger partial charge in [-0.25, -0.2) is 4.99 Å². The Morgan fingerprint density at radius 1 is 1.23 bits per heavy atom. The molecule has 0 fully saturated rings. The Morgan fingerprint density at radius 2 is 2.05 bits per heavy atom. The maximum Gasteiger partial charge on any atom is 0.241 e. The van der Waals surface area contributed by atoms with E-state index in [0.717, 1.165) is 0 Å². The third-order valence-corrected chi connectivity index (χ3v) is 2.90. The second-order valence-corrected chi connectivity index (χ2v) is 5.12. The zero-order valence-electron chi connectivity index (χ0n) is 11.9. The number of hydrogen-bond donors (Lipinski definition) is 1. The summed E-state index contributed by atoms with van der Waals surface area (Å²) in [4.78, 5) is 4.38. The smallest absolute Gasteiger partial charge is 0.241 e. The van der Waals surface area contributed by atoms with E-state index in [-0.39, 0.29) is 17.7 Å². The standard InChI is InChI=1S/C15H12N4O3/c1-15(2)17-14(21-13-6-5-12(20)18-19-13)10-7-9(8-16)3-4-11(10)22-15/h3-7H,1-2H3,(H,18,20). The molecule has 110 valence electrons. The highest BCUT2D eigenvalue weighted by molar-refractivity contribution is 5.99. The number of aromatic hydroxyl groups is 1. The number of rotatable bonds is 1. The van der Waals surface area contributed by atoms with Crippen LogP contribution in [0.5, 0.6) is 17.5 Å². The van der Waals surface area contributed by atoms with Gasteiger partial charge in [-0.3, -0.25) is 0 Å². The first-order chi connectivity index (χ1) is 10.5. The Bertz CT molecular complexity index is 791. The summed E-state index contributed by atoms with van der Waals surface area (Å²) in [7, 11) is 0. The first-order valence-electron chi connectivity index (χ1n) is 6.51. The zero-order valence-corrected chi connectivity index (χ0v) is 11.9. The lowest BCUT2D eigenvalue weighted by Crippen LogP contribution is -2.34. The fraction of sp³-hybridized carbons (Fsp3) is 0.200. The lowest BCUT2D eigenvalue weighted by atomic mass is 10.1. The number of nitriles is 1. The Hall–Kier alpha value is -3.14. The van der Waals surface area contributed by atoms with E-state index in [1.165, 1.54) is 12.1 Å². The molecule has 0 aliphatic carbocycles. The minimum absolute atomic E-state index is 0.183. The van der Waals surface area contributed by atoms with Gasteiger partial charge >= 0.3 is 0 Å². The van der Waals surface area contributed by atoms with Crippen molar-refractivity contribution in [3.05, 3.63) is 41.5 Å². The van der Waals surface area contributed by atoms with Crippen LogP contribution in [-0.4, -0.2) is 26.9 Å². The van der Waals surface area contributed by atoms with Crippen molar-refractivity contribution >= 4 is 5.90 Å². The zero-order chi connectivity index (χ0) is 15.7. The first kappa shape index (κ1) is 13.8. The van der Waals surface area contributed by atoms with Crippen LogP contribution >= 0.6 is 0 Å². The number of hydrogen-bond acceptors (Lipinski definition) is 7. The SMILES string of the molecule is CC1(C)N=C(Oc2ccc(O)nn2)c2cc(C#N)ccc2O1. The second-order valence-electron chi connectivity index (χ2n) is 5.12. The summed E-state index contributed by atoms with van der Waals surface area (Å²) in [6.07, 6.45) is 0. The van der Waals surface area contributed by atoms with Gasteiger partial charge in [0.25, 0.3) is 0 Å². The van der Waals surface area contributed by atoms with Gasteiger partial charge in [0.15, 0.2) is 5.72 Å². The van der Waals surface area contributed by atoms with Gasteiger partial charge in [0.1, 0.15) is 5.75 Å². The van der Waals surface area contributed by atoms with E-state index in [2.05, 4.69) is 21.3 Å². The maximum atomic E-state index is 9.16. The fourth-order valence-electron chi connectivity index (χ4n) is 2.00. The summed E-state index contributed by atoms with van der Waals surface area (Å²) >= 11 is 0. The average molecular weight is 296 g/mol. The summed E-state index contributed by atoms with van der Waals surface area (Å²) in [6, 6.07) is 9.90. The Labute approximate surface area is 126 Å². The van der Waals surface area contributed by atoms with Crippen molar-refractivity contribution in [1.29, 1.82) is 5.26 Å². The predicted octanol–water partition coefficient (Wildman–Crippen LogP) is 2.01. The molecule has 1 aliphatic rings. The molecule has 0 spiro atoms. The quantitative estimate of drug-likeness (QED) is 0.863. The Morgan fingerprint density at radius 3 is 2.73 bits per heavy atom. The van der Waals surface area contributed by atoms with Gasteiger partial charge in [-0.1, -0.05) is 0 Å². The van der Waals surface area contributed by atoms with E-state index in [9.17, 15) is 0 Å². The van der Waals surface area contributed by atoms with Gasteiger partial charge in [0, 0.05) is 12.1 Å². The number of benzene rings is 1. The van der Waals surface area contributed by atoms with Crippen molar-refractivity contribution in [1.82, 2.24) is 10.2 Å². The van der Waals surface area contributed by atoms with Crippen LogP contribution in [0.15, 0.2) is 35.3 Å². The van der Waals surface area contributed by atoms with Crippen LogP contribution in [0.25, 0.3) is 0 Å². The number of aliphatic imine (C=N–C) groups is 1. The first-order valence-corrected chi connectivity index (χ1v) is 6.51. The van der Waals surface area contributed by atoms with Gasteiger partial charge in [-0.15, -0.1) is 10.2 Å². The number of nitrogens with zero attached hydrogens (tertiary/aromatic N) is 4. The van der Waals surface area contributed by atoms with E-state index < -0.39 is 5.72 Å². The lowest BCUT2D eigenvalue weighted by Gasteiger charge is -2.29. The monoisotopic (exact) mass is 296 g/mol. The molecule has 2 aromatic rings. The van der Waals surface area contributed by atoms with Crippen LogP contribution in [-0.2, 0) is 0 Å². The van der Waals surface area contributed by atoms with E-state index in [0.29, 0.717) is 16.9 Å². The van der Waals surface area contributed by atoms with E-state index in [1.54, 1.807) is 32.0 Å². The van der Waals surface area contributed by atoms with Crippen LogP contribution in [0.3, 0.4) is 0 Å². The third-order valence-electron chi connectivity index (χ3n) is 2.90. The van der Waals surface area contributed by atoms with Gasteiger partial charge in [0.05, 0.1) is 17.2 Å². The number of ether oxygens (including phenoxy) is 2. The minimum Gasteiger partial charge on any atom is -0.492 e. The van der Waals surface area contributed by atoms with Gasteiger partial charge in [-0.05, 0) is 32.0 Å². The molecule has 0 saturated heterocycles. The molecule has 1 aromatic carbocycles. The highest BCUT2D eigenvalue weighted by Gasteiger charge is 2.30. The molecule has 0 radical (unpaired) electrons. The van der Waals surface area contributed by atoms with Gasteiger partial charge in [0.2, 0.25) is 17.7 Å². The normalized spacial score (nSPS) is 15.0. The molecule has 2 heterocycles. The summed E-state index contributed by atoms with van der Waals surface area (Å²) in [5.74, 6) is 0.834.